The van der Waals surface area contributed by atoms with E-state index < -0.39 is 100 Å². The Balaban J connectivity index is 0.000000157. The van der Waals surface area contributed by atoms with Crippen molar-refractivity contribution in [1.82, 2.24) is 0 Å². The Morgan fingerprint density at radius 1 is 0.300 bits per heavy atom. The van der Waals surface area contributed by atoms with Crippen LogP contribution in [0.3, 0.4) is 0 Å². The van der Waals surface area contributed by atoms with Crippen molar-refractivity contribution in [3.05, 3.63) is 285 Å². The maximum Gasteiger partial charge on any atom is 0.417 e. The Labute approximate surface area is 819 Å². The molecule has 0 aromatic heterocycles. The molecule has 0 fully saturated rings. The molecule has 5 unspecified atom stereocenters. The first-order valence-corrected chi connectivity index (χ1v) is 47.7. The van der Waals surface area contributed by atoms with Gasteiger partial charge in [0.1, 0.15) is 28.7 Å². The first-order valence-electron chi connectivity index (χ1n) is 47.7. The van der Waals surface area contributed by atoms with Gasteiger partial charge in [-0.3, -0.25) is 0 Å². The highest BCUT2D eigenvalue weighted by atomic mass is 19.4. The van der Waals surface area contributed by atoms with Crippen molar-refractivity contribution in [2.45, 2.75) is 247 Å². The monoisotopic (exact) mass is 1920 g/mol. The van der Waals surface area contributed by atoms with Crippen LogP contribution in [0.4, 0.5) is 18.9 Å². The van der Waals surface area contributed by atoms with Crippen molar-refractivity contribution in [2.24, 2.45) is 0 Å². The van der Waals surface area contributed by atoms with Crippen molar-refractivity contribution >= 4 is 35.5 Å². The molecule has 5 aliphatic heterocycles. The molecule has 0 aliphatic carbocycles. The van der Waals surface area contributed by atoms with Crippen molar-refractivity contribution < 1.29 is 110 Å². The second-order valence-corrected chi connectivity index (χ2v) is 40.8. The van der Waals surface area contributed by atoms with E-state index in [1.54, 1.807) is 32.9 Å². The summed E-state index contributed by atoms with van der Waals surface area (Å²) in [5, 5.41) is 49.3. The van der Waals surface area contributed by atoms with Gasteiger partial charge in [0.15, 0.2) is 30.5 Å². The van der Waals surface area contributed by atoms with Crippen LogP contribution in [0, 0.1) is 13.8 Å². The summed E-state index contributed by atoms with van der Waals surface area (Å²) in [5.74, 6) is -0.957. The third-order valence-electron chi connectivity index (χ3n) is 23.7. The third kappa shape index (κ3) is 28.1. The van der Waals surface area contributed by atoms with Gasteiger partial charge in [-0.05, 0) is 373 Å². The van der Waals surface area contributed by atoms with Gasteiger partial charge in [0.2, 0.25) is 0 Å². The van der Waals surface area contributed by atoms with Crippen LogP contribution in [0.25, 0.3) is 66.8 Å². The minimum atomic E-state index is -4.65. The van der Waals surface area contributed by atoms with E-state index in [0.717, 1.165) is 202 Å². The summed E-state index contributed by atoms with van der Waals surface area (Å²) in [5.41, 5.74) is 16.7. The van der Waals surface area contributed by atoms with Gasteiger partial charge >= 0.3 is 36.0 Å². The predicted octanol–water partition coefficient (Wildman–Crippen LogP) is 26.5. The van der Waals surface area contributed by atoms with E-state index in [-0.39, 0.29) is 11.1 Å². The fourth-order valence-corrected chi connectivity index (χ4v) is 17.7. The molecular formula is C116H132F3NO20. The van der Waals surface area contributed by atoms with E-state index in [2.05, 4.69) is 42.5 Å². The van der Waals surface area contributed by atoms with Gasteiger partial charge in [0.25, 0.3) is 0 Å². The van der Waals surface area contributed by atoms with Gasteiger partial charge in [-0.1, -0.05) is 127 Å². The molecule has 0 amide bonds. The summed E-state index contributed by atoms with van der Waals surface area (Å²) in [6, 6.07) is 66.3. The van der Waals surface area contributed by atoms with Crippen LogP contribution in [0.5, 0.6) is 28.7 Å². The Morgan fingerprint density at radius 3 is 1.02 bits per heavy atom. The molecule has 21 nitrogen and oxygen atoms in total. The number of nitrogens with zero attached hydrogens (tertiary/aromatic N) is 1. The molecule has 5 atom stereocenters. The molecule has 0 bridgehead atoms. The number of carbonyl (C=O) groups is 5. The van der Waals surface area contributed by atoms with Crippen LogP contribution in [0.1, 0.15) is 239 Å². The fourth-order valence-electron chi connectivity index (χ4n) is 17.7. The number of alkyl halides is 3. The average Bonchev–Trinajstić information content (AvgIpc) is 0.776. The van der Waals surface area contributed by atoms with Crippen molar-refractivity contribution in [3.63, 3.8) is 0 Å². The van der Waals surface area contributed by atoms with E-state index in [9.17, 15) is 62.7 Å². The largest absolute Gasteiger partial charge is 0.493 e. The number of anilines is 1. The minimum absolute atomic E-state index is 0.0288. The number of aryl methyl sites for hydroxylation is 7. The SMILES string of the molecule is CC(C)(C)OC(C(=O)O)c1ccc(-c2ccccc2)cc1-c1ccc2c(c1)CCCO2.CC(C)(C)OC(C(=O)O)c1cccc(C(F)(F)F)c1-c1ccc2c(c1)CCCO2.CN(C)c1ccc(-c2ccc3c(c2)CCCO3)c(C(OC(C)(C)C)C(=O)O)c1.Cc1cccc(-c2ccc3c(c2)CCCO3)c1C(OC(C)(C)C)C(=O)O.Cc1cccc(C(OC(C)(C)C)C(=O)O)c1-c1ccc2c(c1)CCCO2. The Morgan fingerprint density at radius 2 is 0.629 bits per heavy atom. The van der Waals surface area contributed by atoms with Gasteiger partial charge in [0.05, 0.1) is 66.6 Å². The highest BCUT2D eigenvalue weighted by molar-refractivity contribution is 5.87. The van der Waals surface area contributed by atoms with Gasteiger partial charge in [0, 0.05) is 47.6 Å². The quantitative estimate of drug-likeness (QED) is 0.0421. The maximum absolute atomic E-state index is 13.8. The fraction of sp³-hybridized carbons (Fsp3) is 0.388. The number of carboxylic acids is 5. The number of benzene rings is 11. The summed E-state index contributed by atoms with van der Waals surface area (Å²) in [6.45, 7) is 34.9. The van der Waals surface area contributed by atoms with Crippen LogP contribution >= 0.6 is 0 Å². The summed E-state index contributed by atoms with van der Waals surface area (Å²) in [6.07, 6.45) is -1.02. The standard InChI is InChI=1S/C27H28O4.C23H29NO4.C22H23F3O4.2C22H26O4/c1-27(2,3)31-25(26(28)29)22-13-11-19(18-8-5-4-6-9-18)17-23(22)20-12-14-24-21(16-20)10-7-15-30-24;1-23(2,3)28-21(22(25)26)19-14-17(24(4)5)9-10-18(19)15-8-11-20-16(13-15)7-6-12-27-20;1-21(2,3)29-19(20(26)27)15-7-4-8-16(22(23,24)25)18(15)14-9-10-17-13(12-14)6-5-11-28-17;1-14-7-5-9-17(19(14)20(21(23)24)26-22(2,3)4)15-10-11-18-16(13-15)8-6-12-25-18;1-14-7-5-9-17(20(21(23)24)26-22(2,3)4)19(14)16-10-11-18-15(13-16)8-6-12-25-18/h4-6,8-9,11-14,16-17,25H,7,10,15H2,1-3H3,(H,28,29);8-11,13-14,21H,6-7,12H2,1-5H3,(H,25,26);4,7-10,12,19H,5-6,11H2,1-3H3,(H,26,27);2*5,7,9-11,13,20H,6,8,12H2,1-4H3,(H,23,24). The number of carboxylic acid groups (broad SMARTS) is 5. The van der Waals surface area contributed by atoms with Crippen LogP contribution < -0.4 is 28.6 Å². The predicted molar refractivity (Wildman–Crippen MR) is 539 cm³/mol. The van der Waals surface area contributed by atoms with Crippen LogP contribution in [-0.4, -0.2) is 131 Å². The molecule has 140 heavy (non-hydrogen) atoms. The number of rotatable bonds is 22. The Hall–Kier alpha value is -12.8. The van der Waals surface area contributed by atoms with Crippen LogP contribution in [0.2, 0.25) is 0 Å². The number of hydrogen-bond donors (Lipinski definition) is 5. The molecule has 742 valence electrons. The summed E-state index contributed by atoms with van der Waals surface area (Å²) in [4.78, 5) is 62.2. The molecule has 0 spiro atoms. The normalized spacial score (nSPS) is 14.9. The molecule has 5 N–H and O–H groups in total. The first-order chi connectivity index (χ1) is 66.0. The molecule has 16 rings (SSSR count). The number of ether oxygens (including phenoxy) is 10. The zero-order chi connectivity index (χ0) is 102. The Bertz CT molecular complexity index is 6240. The zero-order valence-corrected chi connectivity index (χ0v) is 83.6. The molecule has 5 aliphatic rings. The number of hydrogen-bond acceptors (Lipinski definition) is 16. The minimum Gasteiger partial charge on any atom is -0.493 e. The highest BCUT2D eigenvalue weighted by Crippen LogP contribution is 2.48. The van der Waals surface area contributed by atoms with Crippen molar-refractivity contribution in [2.75, 3.05) is 52.0 Å². The number of aliphatic carboxylic acids is 5. The lowest BCUT2D eigenvalue weighted by Gasteiger charge is -2.28. The van der Waals surface area contributed by atoms with Crippen LogP contribution in [-0.2, 0) is 85.9 Å². The lowest BCUT2D eigenvalue weighted by molar-refractivity contribution is -0.161. The van der Waals surface area contributed by atoms with E-state index in [1.165, 1.54) is 29.3 Å². The summed E-state index contributed by atoms with van der Waals surface area (Å²) in [7, 11) is 3.88. The third-order valence-corrected chi connectivity index (χ3v) is 23.7. The molecule has 11 aromatic rings. The van der Waals surface area contributed by atoms with Crippen molar-refractivity contribution in [1.29, 1.82) is 0 Å². The number of fused-ring (bicyclic) bond motifs is 5. The van der Waals surface area contributed by atoms with E-state index in [1.807, 2.05) is 249 Å². The topological polar surface area (TPSA) is 282 Å². The Kier molecular flexibility index (Phi) is 34.2. The van der Waals surface area contributed by atoms with Crippen molar-refractivity contribution in [3.8, 4) is 95.5 Å². The highest BCUT2D eigenvalue weighted by Gasteiger charge is 2.41. The molecule has 0 saturated carbocycles. The zero-order valence-electron chi connectivity index (χ0n) is 83.6. The molecule has 0 radical (unpaired) electrons. The lowest BCUT2D eigenvalue weighted by Crippen LogP contribution is -2.28. The number of halogens is 3. The molecule has 0 saturated heterocycles. The average molecular weight is 1920 g/mol. The first kappa shape index (κ1) is 106. The molecule has 5 heterocycles. The molecule has 24 heteroatoms. The van der Waals surface area contributed by atoms with E-state index in [0.29, 0.717) is 46.6 Å². The maximum atomic E-state index is 13.8. The van der Waals surface area contributed by atoms with E-state index >= 15 is 0 Å². The van der Waals surface area contributed by atoms with Gasteiger partial charge in [-0.15, -0.1) is 0 Å². The molecular weight excluding hydrogens is 1780 g/mol. The van der Waals surface area contributed by atoms with E-state index in [4.69, 9.17) is 47.4 Å². The smallest absolute Gasteiger partial charge is 0.417 e. The van der Waals surface area contributed by atoms with Gasteiger partial charge < -0.3 is 77.8 Å². The lowest BCUT2D eigenvalue weighted by atomic mass is 9.89. The van der Waals surface area contributed by atoms with Crippen LogP contribution in [0.15, 0.2) is 212 Å². The van der Waals surface area contributed by atoms with Gasteiger partial charge in [-0.25, -0.2) is 24.0 Å². The molecule has 11 aromatic carbocycles. The second kappa shape index (κ2) is 45.2. The second-order valence-electron chi connectivity index (χ2n) is 40.8. The van der Waals surface area contributed by atoms with Gasteiger partial charge in [-0.2, -0.15) is 13.2 Å². The summed E-state index contributed by atoms with van der Waals surface area (Å²) < 4.78 is 99.4. The summed E-state index contributed by atoms with van der Waals surface area (Å²) >= 11 is 0.